The van der Waals surface area contributed by atoms with Crippen LogP contribution in [0.25, 0.3) is 83.9 Å². The molecule has 10 heterocycles. The molecule has 0 saturated carbocycles. The normalized spacial score (nSPS) is 12.0. The highest BCUT2D eigenvalue weighted by Crippen LogP contribution is 2.35. The summed E-state index contributed by atoms with van der Waals surface area (Å²) in [6.07, 6.45) is 21.7. The quantitative estimate of drug-likeness (QED) is 0.0303. The maximum Gasteiger partial charge on any atom is 0.338 e. The number of Topliss-reactive ketones (excluding diaryl/α,β-unsaturated/α-hetero) is 1. The largest absolute Gasteiger partial charge is 0.494 e. The summed E-state index contributed by atoms with van der Waals surface area (Å²) < 4.78 is 42.4. The average Bonchev–Trinajstić information content (AvgIpc) is 1.61. The molecule has 1 aliphatic heterocycles. The van der Waals surface area contributed by atoms with E-state index in [1.165, 1.54) is 36.1 Å². The SMILES string of the molecule is C=CC(=O)N1CCC[C@@H](n2c(=O)n(-c3ccc(Oc4cccc(C)c4)cc3)c3cnccc32)C1.C=CC(=O)Nc1cccc(-n2c(=O)n(-c3ccc(Oc4cccc(C(C)C)c4)cc3)c3cnccc32)c1.C=CC(=O)Nc1cccc(-n2c(=O)n(-c3ccc(Oc4cccc(OCC)c4)cc3)c3cnccc32)c1.C=CC(=O)Nc1cccc(-n2c(=O)n(-c3ccc(Oc4ccnc(C(=O)CC)c4)cc3)c3cnccc32)c1. The van der Waals surface area contributed by atoms with Crippen LogP contribution >= 0.6 is 0 Å². The third-order valence-corrected chi connectivity index (χ3v) is 23.8. The molecule has 1 atom stereocenters. The van der Waals surface area contributed by atoms with Crippen LogP contribution in [0.3, 0.4) is 0 Å². The molecule has 1 fully saturated rings. The number of hydrogen-bond donors (Lipinski definition) is 3. The van der Waals surface area contributed by atoms with Crippen molar-refractivity contribution in [1.29, 1.82) is 0 Å². The van der Waals surface area contributed by atoms with Gasteiger partial charge >= 0.3 is 22.8 Å². The van der Waals surface area contributed by atoms with Gasteiger partial charge in [-0.05, 0) is 286 Å². The first-order valence-electron chi connectivity index (χ1n) is 46.9. The maximum atomic E-state index is 13.7. The van der Waals surface area contributed by atoms with Gasteiger partial charge < -0.3 is 44.5 Å². The lowest BCUT2D eigenvalue weighted by Gasteiger charge is -2.32. The van der Waals surface area contributed by atoms with Crippen LogP contribution in [0.5, 0.6) is 51.7 Å². The molecule has 9 aromatic heterocycles. The molecule has 19 aromatic rings. The van der Waals surface area contributed by atoms with E-state index in [1.54, 1.807) is 225 Å². The highest BCUT2D eigenvalue weighted by Gasteiger charge is 2.30. The molecule has 0 unspecified atom stereocenters. The van der Waals surface area contributed by atoms with E-state index in [-0.39, 0.29) is 58.2 Å². The Morgan fingerprint density at radius 1 is 0.370 bits per heavy atom. The summed E-state index contributed by atoms with van der Waals surface area (Å²) in [5.74, 6) is 5.16. The van der Waals surface area contributed by atoms with Crippen LogP contribution in [0.2, 0.25) is 0 Å². The summed E-state index contributed by atoms with van der Waals surface area (Å²) in [5, 5.41) is 8.19. The van der Waals surface area contributed by atoms with Gasteiger partial charge in [-0.3, -0.25) is 85.4 Å². The van der Waals surface area contributed by atoms with Crippen LogP contribution in [-0.4, -0.2) is 115 Å². The van der Waals surface area contributed by atoms with Crippen LogP contribution in [0.15, 0.2) is 405 Å². The summed E-state index contributed by atoms with van der Waals surface area (Å²) in [6.45, 7) is 25.8. The Morgan fingerprint density at radius 2 is 0.733 bits per heavy atom. The van der Waals surface area contributed by atoms with Gasteiger partial charge in [-0.1, -0.05) is 95.6 Å². The van der Waals surface area contributed by atoms with Gasteiger partial charge in [0.1, 0.15) is 57.4 Å². The molecule has 3 N–H and O–H groups in total. The van der Waals surface area contributed by atoms with Crippen LogP contribution < -0.4 is 62.4 Å². The number of ether oxygens (including phenoxy) is 5. The van der Waals surface area contributed by atoms with Crippen molar-refractivity contribution in [1.82, 2.24) is 66.4 Å². The minimum atomic E-state index is -0.344. The minimum Gasteiger partial charge on any atom is -0.494 e. The number of hydrogen-bond acceptors (Lipinski definition) is 19. The Labute approximate surface area is 837 Å². The molecule has 0 bridgehead atoms. The van der Waals surface area contributed by atoms with Gasteiger partial charge in [-0.2, -0.15) is 0 Å². The minimum absolute atomic E-state index is 0.0659. The molecule has 146 heavy (non-hydrogen) atoms. The Kier molecular flexibility index (Phi) is 30.1. The number of piperidine rings is 1. The van der Waals surface area contributed by atoms with Crippen molar-refractivity contribution in [3.05, 3.63) is 444 Å². The van der Waals surface area contributed by atoms with Crippen molar-refractivity contribution in [2.24, 2.45) is 0 Å². The summed E-state index contributed by atoms with van der Waals surface area (Å²) in [4.78, 5) is 137. The fourth-order valence-electron chi connectivity index (χ4n) is 17.0. The van der Waals surface area contributed by atoms with Gasteiger partial charge in [0.2, 0.25) is 23.6 Å². The van der Waals surface area contributed by atoms with Gasteiger partial charge in [0.25, 0.3) is 0 Å². The number of likely N-dealkylation sites (tertiary alicyclic amines) is 1. The highest BCUT2D eigenvalue weighted by molar-refractivity contribution is 6.01. The smallest absolute Gasteiger partial charge is 0.338 e. The second-order valence-electron chi connectivity index (χ2n) is 33.8. The number of rotatable bonds is 28. The molecular formula is C115H99N17O14. The van der Waals surface area contributed by atoms with E-state index in [9.17, 15) is 43.2 Å². The van der Waals surface area contributed by atoms with Crippen molar-refractivity contribution in [3.63, 3.8) is 0 Å². The Bertz CT molecular complexity index is 8420. The maximum absolute atomic E-state index is 13.7. The zero-order valence-electron chi connectivity index (χ0n) is 80.3. The summed E-state index contributed by atoms with van der Waals surface area (Å²) in [6, 6.07) is 84.0. The fraction of sp³-hybridized carbons (Fsp3) is 0.113. The van der Waals surface area contributed by atoms with Gasteiger partial charge in [0.05, 0.1) is 121 Å². The van der Waals surface area contributed by atoms with E-state index < -0.39 is 0 Å². The lowest BCUT2D eigenvalue weighted by molar-refractivity contribution is -0.127. The number of aryl methyl sites for hydroxylation is 1. The number of pyridine rings is 5. The summed E-state index contributed by atoms with van der Waals surface area (Å²) in [7, 11) is 0. The number of amides is 4. The van der Waals surface area contributed by atoms with E-state index in [0.717, 1.165) is 52.4 Å². The van der Waals surface area contributed by atoms with Crippen molar-refractivity contribution < 1.29 is 47.7 Å². The molecule has 10 aromatic carbocycles. The number of carbonyl (C=O) groups is 5. The molecule has 20 rings (SSSR count). The molecule has 1 aliphatic rings. The fourth-order valence-corrected chi connectivity index (χ4v) is 17.0. The molecule has 0 spiro atoms. The zero-order valence-corrected chi connectivity index (χ0v) is 80.3. The van der Waals surface area contributed by atoms with Crippen molar-refractivity contribution >= 4 is 90.6 Å². The lowest BCUT2D eigenvalue weighted by atomic mass is 10.0. The highest BCUT2D eigenvalue weighted by atomic mass is 16.5. The molecule has 1 saturated heterocycles. The number of nitrogens with zero attached hydrogens (tertiary/aromatic N) is 14. The molecular weight excluding hydrogens is 1840 g/mol. The number of anilines is 3. The molecule has 0 aliphatic carbocycles. The Balaban J connectivity index is 0.000000133. The number of ketones is 1. The van der Waals surface area contributed by atoms with E-state index >= 15 is 0 Å². The first kappa shape index (κ1) is 98.2. The van der Waals surface area contributed by atoms with Gasteiger partial charge in [-0.25, -0.2) is 19.2 Å². The number of aromatic nitrogens is 13. The van der Waals surface area contributed by atoms with Crippen LogP contribution in [0, 0.1) is 6.92 Å². The number of benzene rings is 10. The Hall–Kier alpha value is -19.5. The lowest BCUT2D eigenvalue weighted by Crippen LogP contribution is -2.42. The predicted molar refractivity (Wildman–Crippen MR) is 565 cm³/mol. The standard InChI is InChI=1S/C30H26N4O3.C29H23N5O4.C29H24N4O4.C27H26N4O3/c1-4-29(35)32-22-8-6-9-24(18-22)34-27-15-16-31-19-28(27)33(30(34)36)23-11-13-25(14-12-23)37-26-10-5-7-21(17-26)20(2)3;1-3-27(35)24-17-23(12-15-31-24)38-22-10-8-20(9-11-22)33-26-18-30-14-13-25(26)34(29(33)37)21-7-5-6-19(16-21)32-28(36)4-2;1-3-28(34)31-20-7-5-8-22(17-20)33-26-15-16-30-19-27(26)32(29(33)35)21-11-13-23(14-12-21)37-25-10-6-9-24(18-25)36-4-2;1-3-26(32)29-15-5-7-21(18-29)31-24-13-14-28-17-25(24)30(27(31)33)20-9-11-22(12-10-20)34-23-8-4-6-19(2)16-23/h4-20H,1H2,2-3H3,(H,32,35);4-18H,2-3H2,1H3,(H,32,36);3,5-19H,1,4H2,2H3,(H,31,34);3-4,6,8-14,16-17,21H,1,5,7,15,18H2,2H3/t;;;21-/m...1/s1. The number of carbonyl (C=O) groups excluding carboxylic acids is 5. The van der Waals surface area contributed by atoms with Crippen molar-refractivity contribution in [2.75, 3.05) is 35.6 Å². The number of imidazole rings is 4. The second kappa shape index (κ2) is 44.8. The molecule has 31 heteroatoms. The predicted octanol–water partition coefficient (Wildman–Crippen LogP) is 21.4. The van der Waals surface area contributed by atoms with Crippen LogP contribution in [0.1, 0.15) is 80.5 Å². The zero-order chi connectivity index (χ0) is 102. The van der Waals surface area contributed by atoms with E-state index in [0.29, 0.717) is 157 Å². The van der Waals surface area contributed by atoms with E-state index in [4.69, 9.17) is 23.7 Å². The van der Waals surface area contributed by atoms with E-state index in [1.807, 2.05) is 159 Å². The van der Waals surface area contributed by atoms with Gasteiger partial charge in [0.15, 0.2) is 5.78 Å². The number of fused-ring (bicyclic) bond motifs is 4. The third-order valence-electron chi connectivity index (χ3n) is 23.8. The average molecular weight is 1940 g/mol. The molecule has 728 valence electrons. The topological polar surface area (TPSA) is 343 Å². The van der Waals surface area contributed by atoms with Gasteiger partial charge in [0, 0.05) is 79.7 Å². The number of nitrogens with one attached hydrogen (secondary N) is 3. The molecule has 4 amide bonds. The van der Waals surface area contributed by atoms with Crippen molar-refractivity contribution in [2.45, 2.75) is 65.8 Å². The molecule has 31 nitrogen and oxygen atoms in total. The summed E-state index contributed by atoms with van der Waals surface area (Å²) in [5.41, 5.74) is 13.3. The Morgan fingerprint density at radius 3 is 1.13 bits per heavy atom. The van der Waals surface area contributed by atoms with Crippen molar-refractivity contribution in [3.8, 4) is 91.6 Å². The van der Waals surface area contributed by atoms with E-state index in [2.05, 4.69) is 87.1 Å². The second-order valence-corrected chi connectivity index (χ2v) is 33.8. The van der Waals surface area contributed by atoms with Crippen LogP contribution in [0.4, 0.5) is 17.1 Å². The third kappa shape index (κ3) is 22.1. The van der Waals surface area contributed by atoms with Crippen LogP contribution in [-0.2, 0) is 19.2 Å². The monoisotopic (exact) mass is 1940 g/mol. The molecule has 0 radical (unpaired) electrons. The first-order valence-corrected chi connectivity index (χ1v) is 46.9. The van der Waals surface area contributed by atoms with Gasteiger partial charge in [-0.15, -0.1) is 0 Å². The summed E-state index contributed by atoms with van der Waals surface area (Å²) >= 11 is 0. The first-order chi connectivity index (χ1) is 71.0.